The second-order valence-corrected chi connectivity index (χ2v) is 7.72. The van der Waals surface area contributed by atoms with Crippen molar-refractivity contribution >= 4 is 39.9 Å². The molecule has 138 valence electrons. The van der Waals surface area contributed by atoms with E-state index in [2.05, 4.69) is 15.5 Å². The van der Waals surface area contributed by atoms with Gasteiger partial charge in [-0.2, -0.15) is 0 Å². The molecule has 0 saturated heterocycles. The predicted molar refractivity (Wildman–Crippen MR) is 104 cm³/mol. The summed E-state index contributed by atoms with van der Waals surface area (Å²) >= 11 is 1.39. The van der Waals surface area contributed by atoms with Crippen LogP contribution < -0.4 is 10.2 Å². The van der Waals surface area contributed by atoms with Crippen LogP contribution >= 0.6 is 11.3 Å². The minimum absolute atomic E-state index is 0.313. The second-order valence-electron chi connectivity index (χ2n) is 6.71. The first-order valence-corrected chi connectivity index (χ1v) is 9.66. The normalized spacial score (nSPS) is 15.6. The molecule has 1 fully saturated rings. The first kappa shape index (κ1) is 16.8. The van der Waals surface area contributed by atoms with E-state index >= 15 is 0 Å². The van der Waals surface area contributed by atoms with Crippen molar-refractivity contribution in [2.24, 2.45) is 0 Å². The molecule has 1 N–H and O–H groups in total. The van der Waals surface area contributed by atoms with Gasteiger partial charge in [-0.3, -0.25) is 19.7 Å². The minimum Gasteiger partial charge on any atom is -0.296 e. The van der Waals surface area contributed by atoms with Gasteiger partial charge in [-0.05, 0) is 49.2 Å². The van der Waals surface area contributed by atoms with Crippen LogP contribution in [0.2, 0.25) is 0 Å². The Morgan fingerprint density at radius 2 is 1.61 bits per heavy atom. The Hall–Kier alpha value is -3.39. The van der Waals surface area contributed by atoms with Gasteiger partial charge in [0, 0.05) is 11.5 Å². The molecule has 3 amide bonds. The molecule has 0 atom stereocenters. The topological polar surface area (TPSA) is 92.3 Å². The van der Waals surface area contributed by atoms with Gasteiger partial charge < -0.3 is 0 Å². The number of benzene rings is 2. The smallest absolute Gasteiger partial charge is 0.266 e. The Labute approximate surface area is 164 Å². The summed E-state index contributed by atoms with van der Waals surface area (Å²) in [5.74, 6) is -0.548. The van der Waals surface area contributed by atoms with Crippen molar-refractivity contribution in [1.82, 2.24) is 10.2 Å². The van der Waals surface area contributed by atoms with E-state index in [0.717, 1.165) is 22.7 Å². The Morgan fingerprint density at radius 1 is 0.964 bits per heavy atom. The number of anilines is 2. The predicted octanol–water partition coefficient (Wildman–Crippen LogP) is 3.47. The molecule has 1 aromatic heterocycles. The van der Waals surface area contributed by atoms with Gasteiger partial charge in [0.05, 0.1) is 16.8 Å². The van der Waals surface area contributed by atoms with E-state index in [1.54, 1.807) is 48.5 Å². The third kappa shape index (κ3) is 2.78. The maximum atomic E-state index is 12.5. The van der Waals surface area contributed by atoms with Gasteiger partial charge in [-0.1, -0.05) is 23.5 Å². The fourth-order valence-electron chi connectivity index (χ4n) is 3.14. The van der Waals surface area contributed by atoms with Crippen LogP contribution in [0.25, 0.3) is 0 Å². The van der Waals surface area contributed by atoms with Gasteiger partial charge in [0.15, 0.2) is 0 Å². The van der Waals surface area contributed by atoms with Gasteiger partial charge >= 0.3 is 0 Å². The average Bonchev–Trinajstić information content (AvgIpc) is 3.41. The Bertz CT molecular complexity index is 1080. The number of amides is 3. The second kappa shape index (κ2) is 6.35. The van der Waals surface area contributed by atoms with E-state index < -0.39 is 0 Å². The number of carbonyl (C=O) groups is 3. The lowest BCUT2D eigenvalue weighted by Gasteiger charge is -2.14. The van der Waals surface area contributed by atoms with E-state index in [4.69, 9.17) is 0 Å². The van der Waals surface area contributed by atoms with Crippen molar-refractivity contribution in [3.05, 3.63) is 70.2 Å². The highest BCUT2D eigenvalue weighted by molar-refractivity contribution is 7.15. The standard InChI is InChI=1S/C20H14N4O3S/c25-16(21-20-23-22-17(28-20)12-5-6-12)11-7-9-13(10-8-11)24-18(26)14-3-1-2-4-15(14)19(24)27/h1-4,7-10,12H,5-6H2,(H,21,23,25). The van der Waals surface area contributed by atoms with E-state index in [1.807, 2.05) is 0 Å². The van der Waals surface area contributed by atoms with Gasteiger partial charge in [0.1, 0.15) is 5.01 Å². The molecule has 28 heavy (non-hydrogen) atoms. The lowest BCUT2D eigenvalue weighted by atomic mass is 10.1. The summed E-state index contributed by atoms with van der Waals surface area (Å²) in [5.41, 5.74) is 1.60. The quantitative estimate of drug-likeness (QED) is 0.689. The van der Waals surface area contributed by atoms with E-state index in [9.17, 15) is 14.4 Å². The first-order valence-electron chi connectivity index (χ1n) is 8.84. The van der Waals surface area contributed by atoms with Crippen LogP contribution in [0.5, 0.6) is 0 Å². The summed E-state index contributed by atoms with van der Waals surface area (Å²) in [5, 5.41) is 12.3. The molecule has 0 spiro atoms. The molecule has 5 rings (SSSR count). The van der Waals surface area contributed by atoms with Crippen molar-refractivity contribution in [3.8, 4) is 0 Å². The Kier molecular flexibility index (Phi) is 3.80. The highest BCUT2D eigenvalue weighted by Gasteiger charge is 2.36. The molecule has 0 unspecified atom stereocenters. The number of hydrogen-bond acceptors (Lipinski definition) is 6. The van der Waals surface area contributed by atoms with Gasteiger partial charge in [-0.15, -0.1) is 10.2 Å². The largest absolute Gasteiger partial charge is 0.296 e. The van der Waals surface area contributed by atoms with Crippen LogP contribution in [0.3, 0.4) is 0 Å². The molecule has 2 heterocycles. The molecule has 1 aliphatic heterocycles. The summed E-state index contributed by atoms with van der Waals surface area (Å²) in [4.78, 5) is 38.6. The first-order chi connectivity index (χ1) is 13.6. The van der Waals surface area contributed by atoms with Crippen LogP contribution in [0.15, 0.2) is 48.5 Å². The number of nitrogens with one attached hydrogen (secondary N) is 1. The molecule has 0 bridgehead atoms. The molecule has 0 radical (unpaired) electrons. The van der Waals surface area contributed by atoms with E-state index in [-0.39, 0.29) is 17.7 Å². The molecule has 1 aliphatic carbocycles. The summed E-state index contributed by atoms with van der Waals surface area (Å²) in [6.07, 6.45) is 2.25. The molecule has 8 heteroatoms. The monoisotopic (exact) mass is 390 g/mol. The zero-order chi connectivity index (χ0) is 19.3. The van der Waals surface area contributed by atoms with Crippen molar-refractivity contribution in [2.75, 3.05) is 10.2 Å². The minimum atomic E-state index is -0.362. The lowest BCUT2D eigenvalue weighted by molar-refractivity contribution is 0.0925. The average molecular weight is 390 g/mol. The van der Waals surface area contributed by atoms with Gasteiger partial charge in [0.2, 0.25) is 5.13 Å². The number of aromatic nitrogens is 2. The van der Waals surface area contributed by atoms with Crippen LogP contribution in [0.4, 0.5) is 10.8 Å². The van der Waals surface area contributed by atoms with Crippen molar-refractivity contribution in [2.45, 2.75) is 18.8 Å². The highest BCUT2D eigenvalue weighted by atomic mass is 32.1. The summed E-state index contributed by atoms with van der Waals surface area (Å²) in [6.45, 7) is 0. The SMILES string of the molecule is O=C(Nc1nnc(C2CC2)s1)c1ccc(N2C(=O)c3ccccc3C2=O)cc1. The van der Waals surface area contributed by atoms with Crippen LogP contribution in [-0.2, 0) is 0 Å². The summed E-state index contributed by atoms with van der Waals surface area (Å²) in [6, 6.07) is 13.1. The van der Waals surface area contributed by atoms with E-state index in [0.29, 0.717) is 33.4 Å². The molecule has 2 aliphatic rings. The van der Waals surface area contributed by atoms with Crippen LogP contribution in [0, 0.1) is 0 Å². The third-order valence-corrected chi connectivity index (χ3v) is 5.77. The fourth-order valence-corrected chi connectivity index (χ4v) is 4.04. The maximum Gasteiger partial charge on any atom is 0.266 e. The number of rotatable bonds is 4. The molecular formula is C20H14N4O3S. The summed E-state index contributed by atoms with van der Waals surface area (Å²) < 4.78 is 0. The molecule has 1 saturated carbocycles. The molecule has 2 aromatic carbocycles. The van der Waals surface area contributed by atoms with E-state index in [1.165, 1.54) is 11.3 Å². The Balaban J connectivity index is 1.33. The molecule has 3 aromatic rings. The maximum absolute atomic E-state index is 12.5. The summed E-state index contributed by atoms with van der Waals surface area (Å²) in [7, 11) is 0. The zero-order valence-corrected chi connectivity index (χ0v) is 15.4. The van der Waals surface area contributed by atoms with Gasteiger partial charge in [0.25, 0.3) is 17.7 Å². The highest BCUT2D eigenvalue weighted by Crippen LogP contribution is 2.42. The number of carbonyl (C=O) groups excluding carboxylic acids is 3. The third-order valence-electron chi connectivity index (χ3n) is 4.77. The van der Waals surface area contributed by atoms with Gasteiger partial charge in [-0.25, -0.2) is 4.90 Å². The zero-order valence-electron chi connectivity index (χ0n) is 14.6. The Morgan fingerprint density at radius 3 is 2.21 bits per heavy atom. The van der Waals surface area contributed by atoms with Crippen LogP contribution in [-0.4, -0.2) is 27.9 Å². The molecule has 7 nitrogen and oxygen atoms in total. The number of nitrogens with zero attached hydrogens (tertiary/aromatic N) is 3. The number of hydrogen-bond donors (Lipinski definition) is 1. The van der Waals surface area contributed by atoms with Crippen LogP contribution in [0.1, 0.15) is 54.8 Å². The van der Waals surface area contributed by atoms with Crippen molar-refractivity contribution < 1.29 is 14.4 Å². The number of fused-ring (bicyclic) bond motifs is 1. The lowest BCUT2D eigenvalue weighted by Crippen LogP contribution is -2.29. The molecular weight excluding hydrogens is 376 g/mol. The number of imide groups is 1. The fraction of sp³-hybridized carbons (Fsp3) is 0.150. The van der Waals surface area contributed by atoms with Crippen molar-refractivity contribution in [3.63, 3.8) is 0 Å². The van der Waals surface area contributed by atoms with Crippen molar-refractivity contribution in [1.29, 1.82) is 0 Å².